The maximum absolute atomic E-state index is 12.8. The third-order valence-corrected chi connectivity index (χ3v) is 9.24. The van der Waals surface area contributed by atoms with Crippen LogP contribution in [0.3, 0.4) is 0 Å². The van der Waals surface area contributed by atoms with Crippen LogP contribution in [0.2, 0.25) is 10.0 Å². The van der Waals surface area contributed by atoms with Crippen molar-refractivity contribution in [1.29, 1.82) is 0 Å². The average molecular weight is 607 g/mol. The zero-order valence-electron chi connectivity index (χ0n) is 22.2. The predicted octanol–water partition coefficient (Wildman–Crippen LogP) is 4.30. The number of benzene rings is 1. The number of aryl methyl sites for hydroxylation is 1. The van der Waals surface area contributed by atoms with E-state index in [0.717, 1.165) is 29.5 Å². The van der Waals surface area contributed by atoms with Crippen LogP contribution in [-0.2, 0) is 20.7 Å². The van der Waals surface area contributed by atoms with Gasteiger partial charge in [-0.3, -0.25) is 9.59 Å². The van der Waals surface area contributed by atoms with Crippen LogP contribution in [0.15, 0.2) is 24.3 Å². The number of ether oxygens (including phenoxy) is 2. The molecule has 1 saturated heterocycles. The van der Waals surface area contributed by atoms with Crippen molar-refractivity contribution in [2.24, 2.45) is 11.8 Å². The van der Waals surface area contributed by atoms with E-state index in [1.165, 1.54) is 18.4 Å². The number of rotatable bonds is 10. The van der Waals surface area contributed by atoms with Gasteiger partial charge in [0, 0.05) is 48.8 Å². The number of carbonyl (C=O) groups excluding carboxylic acids is 3. The Morgan fingerprint density at radius 2 is 1.95 bits per heavy atom. The molecule has 10 nitrogen and oxygen atoms in total. The minimum atomic E-state index is -0.396. The summed E-state index contributed by atoms with van der Waals surface area (Å²) in [5, 5.41) is 7.45. The number of amides is 1. The van der Waals surface area contributed by atoms with Crippen LogP contribution in [0.1, 0.15) is 44.0 Å². The van der Waals surface area contributed by atoms with Gasteiger partial charge in [0.25, 0.3) is 5.91 Å². The summed E-state index contributed by atoms with van der Waals surface area (Å²) in [6.45, 7) is 5.29. The minimum Gasteiger partial charge on any atom is -0.468 e. The first kappa shape index (κ1) is 28.3. The molecule has 0 radical (unpaired) electrons. The van der Waals surface area contributed by atoms with Gasteiger partial charge in [0.15, 0.2) is 5.13 Å². The molecule has 0 bridgehead atoms. The number of hydrogen-bond donors (Lipinski definition) is 3. The van der Waals surface area contributed by atoms with Gasteiger partial charge >= 0.3 is 11.9 Å². The molecule has 1 saturated carbocycles. The van der Waals surface area contributed by atoms with Crippen LogP contribution in [0, 0.1) is 18.8 Å². The first-order valence-electron chi connectivity index (χ1n) is 12.9. The first-order chi connectivity index (χ1) is 19.2. The number of nitrogens with zero attached hydrogens (tertiary/aromatic N) is 2. The van der Waals surface area contributed by atoms with Crippen LogP contribution in [0.4, 0.5) is 10.8 Å². The normalized spacial score (nSPS) is 19.2. The molecule has 3 aromatic rings. The molecule has 3 N–H and O–H groups in total. The molecule has 13 heteroatoms. The van der Waals surface area contributed by atoms with E-state index in [-0.39, 0.29) is 53.6 Å². The van der Waals surface area contributed by atoms with Gasteiger partial charge in [-0.15, -0.1) is 0 Å². The van der Waals surface area contributed by atoms with E-state index >= 15 is 0 Å². The van der Waals surface area contributed by atoms with E-state index in [4.69, 9.17) is 32.9 Å². The van der Waals surface area contributed by atoms with Gasteiger partial charge in [0.2, 0.25) is 0 Å². The summed E-state index contributed by atoms with van der Waals surface area (Å²) < 4.78 is 10.00. The van der Waals surface area contributed by atoms with Gasteiger partial charge in [0.1, 0.15) is 17.1 Å². The molecule has 3 heterocycles. The molecule has 3 atom stereocenters. The summed E-state index contributed by atoms with van der Waals surface area (Å²) in [7, 11) is 1.34. The van der Waals surface area contributed by atoms with Crippen molar-refractivity contribution < 1.29 is 23.9 Å². The molecule has 0 spiro atoms. The highest BCUT2D eigenvalue weighted by Gasteiger charge is 2.57. The molecule has 1 aliphatic carbocycles. The van der Waals surface area contributed by atoms with E-state index in [2.05, 4.69) is 25.3 Å². The van der Waals surface area contributed by atoms with Gasteiger partial charge in [-0.05, 0) is 31.5 Å². The Kier molecular flexibility index (Phi) is 8.25. The van der Waals surface area contributed by atoms with Gasteiger partial charge in [-0.25, -0.2) is 9.78 Å². The largest absolute Gasteiger partial charge is 0.468 e. The molecule has 1 amide bonds. The predicted molar refractivity (Wildman–Crippen MR) is 154 cm³/mol. The third kappa shape index (κ3) is 5.77. The standard InChI is InChI=1S/C27H29Cl2N5O5S/c1-4-39-26(37)24-18(9-14-6-5-7-15(8-14)30-10-19(35)38-3)32-27(40-24)34-11-16-17(12-34)22(16)33-25(36)23-21(29)20(28)13(2)31-23/h5-8,16-17,22,30-31H,4,9-12H2,1-3H3,(H,33,36)/t16-,17+,22?. The van der Waals surface area contributed by atoms with E-state index in [1.807, 2.05) is 24.3 Å². The Labute approximate surface area is 245 Å². The third-order valence-electron chi connectivity index (χ3n) is 7.15. The number of fused-ring (bicyclic) bond motifs is 1. The molecule has 1 aliphatic heterocycles. The highest BCUT2D eigenvalue weighted by atomic mass is 35.5. The van der Waals surface area contributed by atoms with Crippen LogP contribution in [0.25, 0.3) is 0 Å². The highest BCUT2D eigenvalue weighted by Crippen LogP contribution is 2.48. The molecule has 2 aromatic heterocycles. The van der Waals surface area contributed by atoms with Crippen molar-refractivity contribution in [2.75, 3.05) is 43.6 Å². The lowest BCUT2D eigenvalue weighted by molar-refractivity contribution is -0.138. The minimum absolute atomic E-state index is 0.0476. The summed E-state index contributed by atoms with van der Waals surface area (Å²) >= 11 is 13.6. The van der Waals surface area contributed by atoms with Crippen molar-refractivity contribution in [3.8, 4) is 0 Å². The van der Waals surface area contributed by atoms with Crippen molar-refractivity contribution in [3.63, 3.8) is 0 Å². The van der Waals surface area contributed by atoms with E-state index in [1.54, 1.807) is 13.8 Å². The molecular weight excluding hydrogens is 577 g/mol. The van der Waals surface area contributed by atoms with Crippen molar-refractivity contribution in [2.45, 2.75) is 26.3 Å². The van der Waals surface area contributed by atoms with Crippen LogP contribution >= 0.6 is 34.5 Å². The number of aromatic amines is 1. The zero-order valence-corrected chi connectivity index (χ0v) is 24.5. The van der Waals surface area contributed by atoms with Gasteiger partial charge in [-0.2, -0.15) is 0 Å². The summed E-state index contributed by atoms with van der Waals surface area (Å²) in [6.07, 6.45) is 0.427. The second kappa shape index (κ2) is 11.7. The Bertz CT molecular complexity index is 1440. The maximum Gasteiger partial charge on any atom is 0.350 e. The fourth-order valence-corrected chi connectivity index (χ4v) is 6.44. The Morgan fingerprint density at radius 1 is 1.20 bits per heavy atom. The zero-order chi connectivity index (χ0) is 28.6. The number of nitrogens with one attached hydrogen (secondary N) is 3. The number of piperidine rings is 1. The summed E-state index contributed by atoms with van der Waals surface area (Å²) in [5.41, 5.74) is 3.27. The number of esters is 2. The van der Waals surface area contributed by atoms with Crippen molar-refractivity contribution in [1.82, 2.24) is 15.3 Å². The Balaban J connectivity index is 1.26. The van der Waals surface area contributed by atoms with E-state index in [9.17, 15) is 14.4 Å². The topological polar surface area (TPSA) is 126 Å². The lowest BCUT2D eigenvalue weighted by Gasteiger charge is -2.19. The average Bonchev–Trinajstić information content (AvgIpc) is 3.29. The molecule has 1 unspecified atom stereocenters. The van der Waals surface area contributed by atoms with Gasteiger partial charge < -0.3 is 30.0 Å². The first-order valence-corrected chi connectivity index (χ1v) is 14.4. The van der Waals surface area contributed by atoms with Gasteiger partial charge in [0.05, 0.1) is 29.5 Å². The fourth-order valence-electron chi connectivity index (χ4n) is 5.03. The molecule has 2 fully saturated rings. The SMILES string of the molecule is CCOC(=O)c1sc(N2C[C@@H]3C(NC(=O)c4[nH]c(C)c(Cl)c4Cl)[C@@H]3C2)nc1Cc1cccc(NCC(=O)OC)c1. The molecule has 40 heavy (non-hydrogen) atoms. The molecule has 1 aromatic carbocycles. The van der Waals surface area contributed by atoms with E-state index in [0.29, 0.717) is 27.7 Å². The summed E-state index contributed by atoms with van der Waals surface area (Å²) in [6, 6.07) is 7.65. The van der Waals surface area contributed by atoms with Gasteiger partial charge in [-0.1, -0.05) is 46.7 Å². The molecule has 212 valence electrons. The molecular formula is C27H29Cl2N5O5S. The van der Waals surface area contributed by atoms with Crippen LogP contribution in [-0.4, -0.2) is 67.2 Å². The maximum atomic E-state index is 12.8. The van der Waals surface area contributed by atoms with E-state index < -0.39 is 5.97 Å². The van der Waals surface area contributed by atoms with Crippen LogP contribution < -0.4 is 15.5 Å². The molecule has 5 rings (SSSR count). The van der Waals surface area contributed by atoms with Crippen LogP contribution in [0.5, 0.6) is 0 Å². The number of anilines is 2. The Morgan fingerprint density at radius 3 is 2.60 bits per heavy atom. The summed E-state index contributed by atoms with van der Waals surface area (Å²) in [4.78, 5) is 47.4. The lowest BCUT2D eigenvalue weighted by atomic mass is 10.1. The number of thiazole rings is 1. The smallest absolute Gasteiger partial charge is 0.350 e. The van der Waals surface area contributed by atoms with Crippen molar-refractivity contribution >= 4 is 63.2 Å². The second-order valence-electron chi connectivity index (χ2n) is 9.78. The number of carbonyl (C=O) groups is 3. The second-order valence-corrected chi connectivity index (χ2v) is 11.5. The number of aromatic nitrogens is 2. The number of halogens is 2. The fraction of sp³-hybridized carbons (Fsp3) is 0.407. The number of H-pyrrole nitrogens is 1. The number of hydrogen-bond acceptors (Lipinski definition) is 9. The summed E-state index contributed by atoms with van der Waals surface area (Å²) in [5.74, 6) is -0.462. The number of methoxy groups -OCH3 is 1. The lowest BCUT2D eigenvalue weighted by Crippen LogP contribution is -2.34. The quantitative estimate of drug-likeness (QED) is 0.292. The highest BCUT2D eigenvalue weighted by molar-refractivity contribution is 7.17. The monoisotopic (exact) mass is 605 g/mol. The Hall–Kier alpha value is -3.28. The molecule has 2 aliphatic rings. The van der Waals surface area contributed by atoms with Crippen molar-refractivity contribution in [3.05, 3.63) is 61.8 Å².